The molecule has 4 heterocycles. The molecular formula is C53H34N6O. The summed E-state index contributed by atoms with van der Waals surface area (Å²) in [6, 6.07) is 61.5. The van der Waals surface area contributed by atoms with Crippen molar-refractivity contribution in [1.82, 2.24) is 19.9 Å². The molecule has 0 atom stereocenters. The molecule has 0 spiro atoms. The number of hydrogen-bond acceptors (Lipinski definition) is 7. The first-order valence-electron chi connectivity index (χ1n) is 19.9. The van der Waals surface area contributed by atoms with Gasteiger partial charge in [-0.15, -0.1) is 0 Å². The molecule has 0 aliphatic carbocycles. The van der Waals surface area contributed by atoms with E-state index in [9.17, 15) is 0 Å². The number of amidine groups is 1. The van der Waals surface area contributed by atoms with Crippen LogP contribution < -0.4 is 0 Å². The Morgan fingerprint density at radius 2 is 0.933 bits per heavy atom. The summed E-state index contributed by atoms with van der Waals surface area (Å²) in [7, 11) is 0. The van der Waals surface area contributed by atoms with Crippen LogP contribution in [0.15, 0.2) is 209 Å². The number of aromatic nitrogens is 4. The number of rotatable bonds is 7. The number of aliphatic imine (C=N–C) groups is 2. The van der Waals surface area contributed by atoms with Crippen LogP contribution in [-0.4, -0.2) is 31.5 Å². The summed E-state index contributed by atoms with van der Waals surface area (Å²) < 4.78 is 5.81. The number of hydrogen-bond donors (Lipinski definition) is 0. The van der Waals surface area contributed by atoms with E-state index in [2.05, 4.69) is 109 Å². The topological polar surface area (TPSA) is 89.4 Å². The molecule has 1 aliphatic heterocycles. The van der Waals surface area contributed by atoms with Crippen LogP contribution in [0.2, 0.25) is 0 Å². The number of allylic oxidation sites excluding steroid dienone is 1. The van der Waals surface area contributed by atoms with Crippen LogP contribution in [0.5, 0.6) is 0 Å². The van der Waals surface area contributed by atoms with E-state index < -0.39 is 0 Å². The first-order valence-corrected chi connectivity index (χ1v) is 19.9. The molecule has 7 aromatic carbocycles. The molecule has 0 saturated heterocycles. The highest BCUT2D eigenvalue weighted by Gasteiger charge is 2.19. The zero-order valence-corrected chi connectivity index (χ0v) is 32.3. The van der Waals surface area contributed by atoms with E-state index in [-0.39, 0.29) is 0 Å². The largest absolute Gasteiger partial charge is 0.463 e. The molecule has 0 bridgehead atoms. The number of fused-ring (bicyclic) bond motifs is 3. The van der Waals surface area contributed by atoms with Crippen molar-refractivity contribution in [2.24, 2.45) is 9.98 Å². The van der Waals surface area contributed by atoms with Gasteiger partial charge >= 0.3 is 0 Å². The zero-order chi connectivity index (χ0) is 39.8. The second-order valence-electron chi connectivity index (χ2n) is 14.6. The molecule has 0 fully saturated rings. The molecule has 3 aromatic heterocycles. The molecule has 0 N–H and O–H groups in total. The van der Waals surface area contributed by atoms with E-state index in [0.717, 1.165) is 94.7 Å². The Bertz CT molecular complexity index is 3310. The third-order valence-electron chi connectivity index (χ3n) is 10.9. The highest BCUT2D eigenvalue weighted by molar-refractivity contribution is 6.15. The summed E-state index contributed by atoms with van der Waals surface area (Å²) >= 11 is 0. The maximum absolute atomic E-state index is 5.81. The molecule has 0 radical (unpaired) electrons. The van der Waals surface area contributed by atoms with Crippen molar-refractivity contribution in [2.75, 3.05) is 0 Å². The van der Waals surface area contributed by atoms with Crippen molar-refractivity contribution < 1.29 is 4.42 Å². The van der Waals surface area contributed by atoms with E-state index in [1.54, 1.807) is 6.26 Å². The summed E-state index contributed by atoms with van der Waals surface area (Å²) in [6.07, 6.45) is 4.42. The molecule has 282 valence electrons. The van der Waals surface area contributed by atoms with Gasteiger partial charge in [0, 0.05) is 28.7 Å². The Morgan fingerprint density at radius 3 is 1.60 bits per heavy atom. The number of benzene rings is 7. The fourth-order valence-corrected chi connectivity index (χ4v) is 7.86. The average Bonchev–Trinajstić information content (AvgIpc) is 3.77. The minimum Gasteiger partial charge on any atom is -0.463 e. The molecule has 7 heteroatoms. The van der Waals surface area contributed by atoms with Gasteiger partial charge in [0.25, 0.3) is 0 Å². The molecule has 10 aromatic rings. The molecule has 60 heavy (non-hydrogen) atoms. The predicted octanol–water partition coefficient (Wildman–Crippen LogP) is 12.7. The van der Waals surface area contributed by atoms with Gasteiger partial charge < -0.3 is 4.42 Å². The van der Waals surface area contributed by atoms with Crippen LogP contribution in [0.25, 0.3) is 83.8 Å². The summed E-state index contributed by atoms with van der Waals surface area (Å²) in [5.41, 5.74) is 14.1. The maximum Gasteiger partial charge on any atom is 0.160 e. The standard InChI is InChI=1S/C53H34N6O/c1-2-13-35(14-3-1)42-31-32-43(59-53(58-42)39-29-27-38(28-30-39)50-52(48-22-11-33-60-48)57-47-21-9-7-19-45(47)55-50)36-23-25-37(26-24-36)49-51(56-46-20-8-6-18-44(46)54-49)41-17-10-15-34-12-4-5-16-40(34)41/h1-31,33H,32H2. The van der Waals surface area contributed by atoms with Crippen molar-refractivity contribution in [3.05, 3.63) is 211 Å². The second kappa shape index (κ2) is 15.0. The van der Waals surface area contributed by atoms with Gasteiger partial charge in [0.05, 0.1) is 51.1 Å². The Labute approximate surface area is 345 Å². The maximum atomic E-state index is 5.81. The quantitative estimate of drug-likeness (QED) is 0.161. The number of para-hydroxylation sites is 4. The Morgan fingerprint density at radius 1 is 0.383 bits per heavy atom. The van der Waals surface area contributed by atoms with Crippen molar-refractivity contribution >= 4 is 50.1 Å². The average molecular weight is 771 g/mol. The second-order valence-corrected chi connectivity index (χ2v) is 14.6. The normalized spacial score (nSPS) is 12.9. The van der Waals surface area contributed by atoms with Gasteiger partial charge in [0.2, 0.25) is 0 Å². The lowest BCUT2D eigenvalue weighted by Crippen LogP contribution is -2.05. The van der Waals surface area contributed by atoms with Gasteiger partial charge in [-0.05, 0) is 58.3 Å². The van der Waals surface area contributed by atoms with E-state index in [1.807, 2.05) is 78.9 Å². The molecule has 0 amide bonds. The van der Waals surface area contributed by atoms with Crippen molar-refractivity contribution in [2.45, 2.75) is 6.42 Å². The lowest BCUT2D eigenvalue weighted by Gasteiger charge is -2.13. The Hall–Kier alpha value is -8.16. The fraction of sp³-hybridized carbons (Fsp3) is 0.0189. The third kappa shape index (κ3) is 6.54. The lowest BCUT2D eigenvalue weighted by atomic mass is 9.97. The Kier molecular flexibility index (Phi) is 8.74. The first kappa shape index (κ1) is 35.0. The van der Waals surface area contributed by atoms with E-state index in [0.29, 0.717) is 23.7 Å². The van der Waals surface area contributed by atoms with Crippen LogP contribution >= 0.6 is 0 Å². The van der Waals surface area contributed by atoms with Crippen LogP contribution in [0, 0.1) is 0 Å². The van der Waals surface area contributed by atoms with Gasteiger partial charge in [-0.3, -0.25) is 0 Å². The van der Waals surface area contributed by atoms with Crippen molar-refractivity contribution in [3.8, 4) is 45.2 Å². The highest BCUT2D eigenvalue weighted by atomic mass is 16.3. The van der Waals surface area contributed by atoms with Gasteiger partial charge in [0.1, 0.15) is 11.4 Å². The third-order valence-corrected chi connectivity index (χ3v) is 10.9. The van der Waals surface area contributed by atoms with Gasteiger partial charge in [-0.1, -0.05) is 152 Å². The fourth-order valence-electron chi connectivity index (χ4n) is 7.86. The molecule has 11 rings (SSSR count). The van der Waals surface area contributed by atoms with Gasteiger partial charge in [-0.2, -0.15) is 0 Å². The lowest BCUT2D eigenvalue weighted by molar-refractivity contribution is 0.580. The van der Waals surface area contributed by atoms with Crippen LogP contribution in [0.3, 0.4) is 0 Å². The van der Waals surface area contributed by atoms with E-state index in [4.69, 9.17) is 34.3 Å². The van der Waals surface area contributed by atoms with Crippen molar-refractivity contribution in [1.29, 1.82) is 0 Å². The van der Waals surface area contributed by atoms with Crippen molar-refractivity contribution in [3.63, 3.8) is 0 Å². The first-order chi connectivity index (χ1) is 29.7. The molecule has 0 unspecified atom stereocenters. The molecular weight excluding hydrogens is 737 g/mol. The predicted molar refractivity (Wildman–Crippen MR) is 243 cm³/mol. The highest BCUT2D eigenvalue weighted by Crippen LogP contribution is 2.36. The SMILES string of the molecule is C1=C(c2ccccc2)N=C(c2ccc(-c3nc4ccccc4nc3-c3ccco3)cc2)N=C(c2ccc(-c3nc4ccccc4nc3-c3cccc4ccccc34)cc2)C1. The monoisotopic (exact) mass is 770 g/mol. The minimum atomic E-state index is 0.602. The number of furan rings is 1. The minimum absolute atomic E-state index is 0.602. The van der Waals surface area contributed by atoms with Crippen LogP contribution in [0.1, 0.15) is 23.1 Å². The molecule has 1 aliphatic rings. The number of nitrogens with zero attached hydrogens (tertiary/aromatic N) is 6. The summed E-state index contributed by atoms with van der Waals surface area (Å²) in [4.78, 5) is 30.9. The molecule has 7 nitrogen and oxygen atoms in total. The van der Waals surface area contributed by atoms with E-state index >= 15 is 0 Å². The van der Waals surface area contributed by atoms with E-state index in [1.165, 1.54) is 0 Å². The zero-order valence-electron chi connectivity index (χ0n) is 32.3. The smallest absolute Gasteiger partial charge is 0.160 e. The summed E-state index contributed by atoms with van der Waals surface area (Å²) in [5, 5.41) is 2.30. The summed E-state index contributed by atoms with van der Waals surface area (Å²) in [6.45, 7) is 0. The molecule has 0 saturated carbocycles. The Balaban J connectivity index is 0.985. The van der Waals surface area contributed by atoms with Crippen LogP contribution in [-0.2, 0) is 0 Å². The van der Waals surface area contributed by atoms with Gasteiger partial charge in [0.15, 0.2) is 11.6 Å². The summed E-state index contributed by atoms with van der Waals surface area (Å²) in [5.74, 6) is 1.29. The van der Waals surface area contributed by atoms with Crippen LogP contribution in [0.4, 0.5) is 0 Å². The van der Waals surface area contributed by atoms with Gasteiger partial charge in [-0.25, -0.2) is 29.9 Å².